The molecule has 1 aromatic carbocycles. The van der Waals surface area contributed by atoms with Gasteiger partial charge in [0.05, 0.1) is 5.69 Å². The SMILES string of the molecule is CC(C)(CN)c1ccc(N2C(=O)CCCC2=O)cc1. The highest BCUT2D eigenvalue weighted by atomic mass is 16.2. The fraction of sp³-hybridized carbons (Fsp3) is 0.467. The van der Waals surface area contributed by atoms with Crippen LogP contribution in [0.5, 0.6) is 0 Å². The van der Waals surface area contributed by atoms with Gasteiger partial charge in [0, 0.05) is 24.8 Å². The highest BCUT2D eigenvalue weighted by Crippen LogP contribution is 2.27. The third-order valence-corrected chi connectivity index (χ3v) is 3.70. The molecule has 0 aromatic heterocycles. The monoisotopic (exact) mass is 260 g/mol. The maximum absolute atomic E-state index is 11.8. The molecule has 19 heavy (non-hydrogen) atoms. The first-order valence-corrected chi connectivity index (χ1v) is 6.62. The zero-order chi connectivity index (χ0) is 14.0. The van der Waals surface area contributed by atoms with E-state index in [1.807, 2.05) is 24.3 Å². The fourth-order valence-electron chi connectivity index (χ4n) is 2.22. The van der Waals surface area contributed by atoms with Crippen LogP contribution in [0.15, 0.2) is 24.3 Å². The molecule has 2 amide bonds. The first-order chi connectivity index (χ1) is 8.95. The average molecular weight is 260 g/mol. The second kappa shape index (κ2) is 5.13. The number of anilines is 1. The van der Waals surface area contributed by atoms with Gasteiger partial charge in [-0.2, -0.15) is 0 Å². The summed E-state index contributed by atoms with van der Waals surface area (Å²) in [4.78, 5) is 25.0. The smallest absolute Gasteiger partial charge is 0.233 e. The number of nitrogens with zero attached hydrogens (tertiary/aromatic N) is 1. The van der Waals surface area contributed by atoms with Crippen LogP contribution in [0.2, 0.25) is 0 Å². The Morgan fingerprint density at radius 3 is 2.11 bits per heavy atom. The summed E-state index contributed by atoms with van der Waals surface area (Å²) in [5, 5.41) is 0. The van der Waals surface area contributed by atoms with Crippen molar-refractivity contribution in [2.24, 2.45) is 5.73 Å². The highest BCUT2D eigenvalue weighted by molar-refractivity contribution is 6.16. The lowest BCUT2D eigenvalue weighted by atomic mass is 9.85. The van der Waals surface area contributed by atoms with E-state index in [1.54, 1.807) is 0 Å². The minimum absolute atomic E-state index is 0.103. The molecular formula is C15H20N2O2. The van der Waals surface area contributed by atoms with Gasteiger partial charge in [-0.15, -0.1) is 0 Å². The van der Waals surface area contributed by atoms with Crippen LogP contribution in [0.4, 0.5) is 5.69 Å². The molecule has 1 saturated heterocycles. The maximum atomic E-state index is 11.8. The van der Waals surface area contributed by atoms with E-state index >= 15 is 0 Å². The first-order valence-electron chi connectivity index (χ1n) is 6.62. The number of imide groups is 1. The Balaban J connectivity index is 2.27. The van der Waals surface area contributed by atoms with Gasteiger partial charge in [-0.05, 0) is 24.1 Å². The van der Waals surface area contributed by atoms with Crippen molar-refractivity contribution in [1.29, 1.82) is 0 Å². The number of nitrogens with two attached hydrogens (primary N) is 1. The van der Waals surface area contributed by atoms with E-state index in [-0.39, 0.29) is 17.2 Å². The Kier molecular flexibility index (Phi) is 3.71. The molecule has 4 heteroatoms. The van der Waals surface area contributed by atoms with Crippen LogP contribution >= 0.6 is 0 Å². The van der Waals surface area contributed by atoms with Gasteiger partial charge in [-0.3, -0.25) is 14.5 Å². The third-order valence-electron chi connectivity index (χ3n) is 3.70. The summed E-state index contributed by atoms with van der Waals surface area (Å²) in [5.41, 5.74) is 7.41. The van der Waals surface area contributed by atoms with E-state index in [0.717, 1.165) is 5.56 Å². The van der Waals surface area contributed by atoms with Crippen molar-refractivity contribution in [1.82, 2.24) is 0 Å². The van der Waals surface area contributed by atoms with Gasteiger partial charge in [0.15, 0.2) is 0 Å². The minimum Gasteiger partial charge on any atom is -0.330 e. The molecule has 1 heterocycles. The third kappa shape index (κ3) is 2.68. The molecule has 0 radical (unpaired) electrons. The molecule has 102 valence electrons. The molecule has 1 fully saturated rings. The molecule has 0 unspecified atom stereocenters. The summed E-state index contributed by atoms with van der Waals surface area (Å²) in [6.45, 7) is 4.69. The Hall–Kier alpha value is -1.68. The van der Waals surface area contributed by atoms with Crippen molar-refractivity contribution in [2.75, 3.05) is 11.4 Å². The number of amides is 2. The minimum atomic E-state index is -0.109. The highest BCUT2D eigenvalue weighted by Gasteiger charge is 2.27. The van der Waals surface area contributed by atoms with Gasteiger partial charge in [0.2, 0.25) is 11.8 Å². The van der Waals surface area contributed by atoms with Crippen LogP contribution in [0.25, 0.3) is 0 Å². The molecule has 0 aliphatic carbocycles. The van der Waals surface area contributed by atoms with Crippen LogP contribution < -0.4 is 10.6 Å². The molecule has 1 aliphatic heterocycles. The predicted octanol–water partition coefficient (Wildman–Crippen LogP) is 1.97. The number of carbonyl (C=O) groups is 2. The zero-order valence-electron chi connectivity index (χ0n) is 11.5. The number of hydrogen-bond acceptors (Lipinski definition) is 3. The number of piperidine rings is 1. The lowest BCUT2D eigenvalue weighted by Gasteiger charge is -2.27. The summed E-state index contributed by atoms with van der Waals surface area (Å²) in [6, 6.07) is 7.54. The van der Waals surface area contributed by atoms with Crippen LogP contribution in [0, 0.1) is 0 Å². The predicted molar refractivity (Wildman–Crippen MR) is 74.9 cm³/mol. The number of hydrogen-bond donors (Lipinski definition) is 1. The second-order valence-corrected chi connectivity index (χ2v) is 5.61. The van der Waals surface area contributed by atoms with E-state index in [0.29, 0.717) is 31.5 Å². The lowest BCUT2D eigenvalue weighted by Crippen LogP contribution is -2.40. The van der Waals surface area contributed by atoms with Crippen molar-refractivity contribution in [3.05, 3.63) is 29.8 Å². The number of benzene rings is 1. The molecule has 2 N–H and O–H groups in total. The summed E-state index contributed by atoms with van der Waals surface area (Å²) < 4.78 is 0. The van der Waals surface area contributed by atoms with Gasteiger partial charge in [-0.1, -0.05) is 26.0 Å². The molecule has 4 nitrogen and oxygen atoms in total. The van der Waals surface area contributed by atoms with Crippen molar-refractivity contribution in [2.45, 2.75) is 38.5 Å². The van der Waals surface area contributed by atoms with Crippen molar-refractivity contribution >= 4 is 17.5 Å². The van der Waals surface area contributed by atoms with Crippen molar-refractivity contribution in [3.8, 4) is 0 Å². The number of carbonyl (C=O) groups excluding carboxylic acids is 2. The quantitative estimate of drug-likeness (QED) is 0.845. The van der Waals surface area contributed by atoms with Gasteiger partial charge in [0.1, 0.15) is 0 Å². The molecule has 1 aliphatic rings. The lowest BCUT2D eigenvalue weighted by molar-refractivity contribution is -0.129. The van der Waals surface area contributed by atoms with E-state index in [1.165, 1.54) is 4.90 Å². The van der Waals surface area contributed by atoms with Gasteiger partial charge in [-0.25, -0.2) is 0 Å². The normalized spacial score (nSPS) is 16.9. The Labute approximate surface area is 113 Å². The van der Waals surface area contributed by atoms with E-state index in [2.05, 4.69) is 13.8 Å². The first kappa shape index (κ1) is 13.7. The summed E-state index contributed by atoms with van der Waals surface area (Å²) >= 11 is 0. The van der Waals surface area contributed by atoms with Gasteiger partial charge >= 0.3 is 0 Å². The molecule has 0 saturated carbocycles. The molecule has 1 aromatic rings. The second-order valence-electron chi connectivity index (χ2n) is 5.61. The van der Waals surface area contributed by atoms with E-state index in [9.17, 15) is 9.59 Å². The van der Waals surface area contributed by atoms with Crippen LogP contribution in [0.1, 0.15) is 38.7 Å². The largest absolute Gasteiger partial charge is 0.330 e. The van der Waals surface area contributed by atoms with E-state index in [4.69, 9.17) is 5.73 Å². The summed E-state index contributed by atoms with van der Waals surface area (Å²) in [6.07, 6.45) is 1.55. The average Bonchev–Trinajstić information content (AvgIpc) is 2.39. The van der Waals surface area contributed by atoms with Gasteiger partial charge < -0.3 is 5.73 Å². The Morgan fingerprint density at radius 2 is 1.63 bits per heavy atom. The zero-order valence-corrected chi connectivity index (χ0v) is 11.5. The van der Waals surface area contributed by atoms with Crippen molar-refractivity contribution in [3.63, 3.8) is 0 Å². The summed E-state index contributed by atoms with van der Waals surface area (Å²) in [5.74, 6) is -0.218. The van der Waals surface area contributed by atoms with Crippen molar-refractivity contribution < 1.29 is 9.59 Å². The van der Waals surface area contributed by atoms with E-state index < -0.39 is 0 Å². The molecular weight excluding hydrogens is 240 g/mol. The molecule has 0 spiro atoms. The Bertz CT molecular complexity index is 475. The van der Waals surface area contributed by atoms with Crippen LogP contribution in [-0.4, -0.2) is 18.4 Å². The molecule has 0 atom stereocenters. The topological polar surface area (TPSA) is 63.4 Å². The molecule has 2 rings (SSSR count). The molecule has 0 bridgehead atoms. The maximum Gasteiger partial charge on any atom is 0.233 e. The standard InChI is InChI=1S/C15H20N2O2/c1-15(2,10-16)11-6-8-12(9-7-11)17-13(18)4-3-5-14(17)19/h6-9H,3-5,10,16H2,1-2H3. The van der Waals surface area contributed by atoms with Gasteiger partial charge in [0.25, 0.3) is 0 Å². The number of rotatable bonds is 3. The fourth-order valence-corrected chi connectivity index (χ4v) is 2.22. The Morgan fingerprint density at radius 1 is 1.11 bits per heavy atom. The van der Waals surface area contributed by atoms with Crippen LogP contribution in [-0.2, 0) is 15.0 Å². The van der Waals surface area contributed by atoms with Crippen LogP contribution in [0.3, 0.4) is 0 Å². The summed E-state index contributed by atoms with van der Waals surface area (Å²) in [7, 11) is 0.